The topological polar surface area (TPSA) is 37.4 Å². The molecule has 162 valence electrons. The molecule has 1 heterocycles. The molecule has 0 aromatic heterocycles. The minimum atomic E-state index is -0.223. The highest BCUT2D eigenvalue weighted by molar-refractivity contribution is 8.27. The molecule has 2 aromatic rings. The quantitative estimate of drug-likeness (QED) is 0.482. The molecule has 0 radical (unpaired) electrons. The molecular formula is C27H31NO2S. The lowest BCUT2D eigenvalue weighted by Gasteiger charge is -2.42. The predicted molar refractivity (Wildman–Crippen MR) is 131 cm³/mol. The van der Waals surface area contributed by atoms with E-state index in [0.717, 1.165) is 47.8 Å². The molecule has 2 aromatic carbocycles. The van der Waals surface area contributed by atoms with Crippen LogP contribution in [0.25, 0.3) is 6.08 Å². The number of amides is 1. The standard InChI is InChI=1S/C27H31NO2S/c1-7-18-9-8-10-19(14-18)15-23-24(29)31-25(30)28(23)22-16-21-20(13-17(22)2)26(3,4)11-12-27(21,5)6/h8-10,13-16H,7,11-12H2,1-6H3. The van der Waals surface area contributed by atoms with Crippen molar-refractivity contribution in [2.75, 3.05) is 4.90 Å². The molecule has 0 atom stereocenters. The monoisotopic (exact) mass is 433 g/mol. The van der Waals surface area contributed by atoms with Crippen LogP contribution in [0.15, 0.2) is 42.1 Å². The van der Waals surface area contributed by atoms with Gasteiger partial charge in [0.05, 0.1) is 5.69 Å². The van der Waals surface area contributed by atoms with Crippen LogP contribution in [0, 0.1) is 6.92 Å². The highest BCUT2D eigenvalue weighted by Gasteiger charge is 2.41. The summed E-state index contributed by atoms with van der Waals surface area (Å²) in [5, 5.41) is -0.414. The Labute approximate surface area is 189 Å². The molecule has 4 heteroatoms. The van der Waals surface area contributed by atoms with Crippen molar-refractivity contribution in [3.8, 4) is 0 Å². The fourth-order valence-corrected chi connectivity index (χ4v) is 5.43. The number of nitrogens with zero attached hydrogens (tertiary/aromatic N) is 1. The number of aryl methyl sites for hydroxylation is 2. The van der Waals surface area contributed by atoms with Gasteiger partial charge in [-0.25, -0.2) is 0 Å². The van der Waals surface area contributed by atoms with Gasteiger partial charge in [0.2, 0.25) is 5.12 Å². The van der Waals surface area contributed by atoms with Crippen LogP contribution in [-0.2, 0) is 22.0 Å². The van der Waals surface area contributed by atoms with E-state index in [-0.39, 0.29) is 21.2 Å². The highest BCUT2D eigenvalue weighted by atomic mass is 32.2. The predicted octanol–water partition coefficient (Wildman–Crippen LogP) is 7.15. The van der Waals surface area contributed by atoms with E-state index in [0.29, 0.717) is 5.70 Å². The fourth-order valence-electron chi connectivity index (χ4n) is 4.73. The van der Waals surface area contributed by atoms with Crippen molar-refractivity contribution in [1.82, 2.24) is 0 Å². The smallest absolute Gasteiger partial charge is 0.279 e. The Morgan fingerprint density at radius 1 is 1.00 bits per heavy atom. The van der Waals surface area contributed by atoms with Crippen molar-refractivity contribution in [3.63, 3.8) is 0 Å². The van der Waals surface area contributed by atoms with Crippen LogP contribution in [0.3, 0.4) is 0 Å². The van der Waals surface area contributed by atoms with Gasteiger partial charge in [-0.1, -0.05) is 65.0 Å². The number of carbonyl (C=O) groups excluding carboxylic acids is 2. The molecule has 3 nitrogen and oxygen atoms in total. The molecule has 1 aliphatic carbocycles. The summed E-state index contributed by atoms with van der Waals surface area (Å²) in [6, 6.07) is 12.5. The molecule has 0 N–H and O–H groups in total. The molecule has 0 unspecified atom stereocenters. The SMILES string of the molecule is CCc1cccc(C=C2C(=O)SC(=O)N2c2cc3c(cc2C)C(C)(C)CCC3(C)C)c1. The maximum atomic E-state index is 12.9. The van der Waals surface area contributed by atoms with Crippen molar-refractivity contribution in [2.45, 2.75) is 71.6 Å². The largest absolute Gasteiger partial charge is 0.298 e. The van der Waals surface area contributed by atoms with E-state index in [4.69, 9.17) is 0 Å². The van der Waals surface area contributed by atoms with Crippen molar-refractivity contribution in [2.24, 2.45) is 0 Å². The second kappa shape index (κ2) is 7.67. The van der Waals surface area contributed by atoms with Gasteiger partial charge in [-0.2, -0.15) is 0 Å². The Morgan fingerprint density at radius 3 is 2.29 bits per heavy atom. The van der Waals surface area contributed by atoms with Crippen LogP contribution in [0.5, 0.6) is 0 Å². The van der Waals surface area contributed by atoms with Gasteiger partial charge in [-0.3, -0.25) is 14.5 Å². The number of hydrogen-bond donors (Lipinski definition) is 0. The Morgan fingerprint density at radius 2 is 1.65 bits per heavy atom. The number of rotatable bonds is 3. The number of fused-ring (bicyclic) bond motifs is 1. The lowest BCUT2D eigenvalue weighted by Crippen LogP contribution is -2.34. The molecule has 31 heavy (non-hydrogen) atoms. The van der Waals surface area contributed by atoms with Crippen molar-refractivity contribution < 1.29 is 9.59 Å². The average Bonchev–Trinajstić information content (AvgIpc) is 2.98. The van der Waals surface area contributed by atoms with Crippen molar-refractivity contribution in [3.05, 3.63) is 69.9 Å². The van der Waals surface area contributed by atoms with Crippen LogP contribution >= 0.6 is 11.8 Å². The minimum Gasteiger partial charge on any atom is -0.279 e. The second-order valence-electron chi connectivity index (χ2n) is 10.1. The zero-order chi connectivity index (χ0) is 22.6. The molecule has 1 amide bonds. The molecule has 0 spiro atoms. The summed E-state index contributed by atoms with van der Waals surface area (Å²) in [5.41, 5.74) is 7.23. The van der Waals surface area contributed by atoms with Gasteiger partial charge in [0.15, 0.2) is 0 Å². The van der Waals surface area contributed by atoms with Crippen LogP contribution in [0.2, 0.25) is 0 Å². The third kappa shape index (κ3) is 3.87. The summed E-state index contributed by atoms with van der Waals surface area (Å²) in [6.45, 7) is 13.3. The lowest BCUT2D eigenvalue weighted by atomic mass is 9.63. The van der Waals surface area contributed by atoms with E-state index in [1.165, 1.54) is 16.7 Å². The van der Waals surface area contributed by atoms with Gasteiger partial charge >= 0.3 is 0 Å². The van der Waals surface area contributed by atoms with E-state index in [1.54, 1.807) is 4.90 Å². The zero-order valence-corrected chi connectivity index (χ0v) is 20.2. The zero-order valence-electron chi connectivity index (χ0n) is 19.3. The van der Waals surface area contributed by atoms with E-state index >= 15 is 0 Å². The molecule has 1 fully saturated rings. The van der Waals surface area contributed by atoms with E-state index in [1.807, 2.05) is 25.1 Å². The molecule has 0 saturated carbocycles. The van der Waals surface area contributed by atoms with E-state index in [9.17, 15) is 9.59 Å². The van der Waals surface area contributed by atoms with Crippen molar-refractivity contribution in [1.29, 1.82) is 0 Å². The Balaban J connectivity index is 1.86. The molecule has 1 aliphatic heterocycles. The third-order valence-corrected chi connectivity index (χ3v) is 7.64. The first kappa shape index (κ1) is 21.9. The third-order valence-electron chi connectivity index (χ3n) is 6.89. The minimum absolute atomic E-state index is 0.0343. The number of hydrogen-bond acceptors (Lipinski definition) is 3. The molecular weight excluding hydrogens is 402 g/mol. The molecule has 4 rings (SSSR count). The Hall–Kier alpha value is -2.33. The lowest BCUT2D eigenvalue weighted by molar-refractivity contribution is -0.107. The van der Waals surface area contributed by atoms with Gasteiger partial charge < -0.3 is 0 Å². The molecule has 0 bridgehead atoms. The van der Waals surface area contributed by atoms with Gasteiger partial charge in [-0.05, 0) is 77.0 Å². The maximum absolute atomic E-state index is 12.9. The summed E-state index contributed by atoms with van der Waals surface area (Å²) >= 11 is 0.786. The summed E-state index contributed by atoms with van der Waals surface area (Å²) in [5.74, 6) is 0. The van der Waals surface area contributed by atoms with Crippen LogP contribution in [-0.4, -0.2) is 10.4 Å². The summed E-state index contributed by atoms with van der Waals surface area (Å²) in [7, 11) is 0. The number of thioether (sulfide) groups is 1. The maximum Gasteiger partial charge on any atom is 0.298 e. The van der Waals surface area contributed by atoms with Crippen LogP contribution in [0.4, 0.5) is 10.5 Å². The molecule has 2 aliphatic rings. The fraction of sp³-hybridized carbons (Fsp3) is 0.407. The van der Waals surface area contributed by atoms with Crippen LogP contribution in [0.1, 0.15) is 75.3 Å². The number of carbonyl (C=O) groups is 2. The van der Waals surface area contributed by atoms with Gasteiger partial charge in [0, 0.05) is 11.8 Å². The summed E-state index contributed by atoms with van der Waals surface area (Å²) in [6.07, 6.45) is 5.02. The van der Waals surface area contributed by atoms with E-state index in [2.05, 4.69) is 58.9 Å². The van der Waals surface area contributed by atoms with E-state index < -0.39 is 0 Å². The average molecular weight is 434 g/mol. The first-order chi connectivity index (χ1) is 14.5. The van der Waals surface area contributed by atoms with Gasteiger partial charge in [0.1, 0.15) is 5.70 Å². The Kier molecular flexibility index (Phi) is 5.41. The van der Waals surface area contributed by atoms with Crippen molar-refractivity contribution >= 4 is 33.9 Å². The second-order valence-corrected chi connectivity index (χ2v) is 11.0. The highest BCUT2D eigenvalue weighted by Crippen LogP contribution is 2.49. The number of anilines is 1. The summed E-state index contributed by atoms with van der Waals surface area (Å²) < 4.78 is 0. The van der Waals surface area contributed by atoms with Gasteiger partial charge in [0.25, 0.3) is 5.24 Å². The normalized spacial score (nSPS) is 21.0. The number of benzene rings is 2. The first-order valence-electron chi connectivity index (χ1n) is 11.1. The van der Waals surface area contributed by atoms with Gasteiger partial charge in [-0.15, -0.1) is 0 Å². The molecule has 1 saturated heterocycles. The van der Waals surface area contributed by atoms with Crippen LogP contribution < -0.4 is 4.90 Å². The Bertz CT molecular complexity index is 1110. The summed E-state index contributed by atoms with van der Waals surface area (Å²) in [4.78, 5) is 27.4. The first-order valence-corrected chi connectivity index (χ1v) is 11.9.